The Morgan fingerprint density at radius 1 is 1.33 bits per heavy atom. The molecule has 1 aromatic heterocycles. The number of nitrogen functional groups attached to an aromatic ring is 1. The van der Waals surface area contributed by atoms with E-state index in [9.17, 15) is 13.2 Å². The van der Waals surface area contributed by atoms with Crippen LogP contribution in [0.25, 0.3) is 0 Å². The van der Waals surface area contributed by atoms with Crippen LogP contribution in [0, 0.1) is 0 Å². The van der Waals surface area contributed by atoms with Gasteiger partial charge in [-0.25, -0.2) is 23.4 Å². The van der Waals surface area contributed by atoms with Crippen molar-refractivity contribution >= 4 is 27.5 Å². The maximum Gasteiger partial charge on any atom is 0.344 e. The van der Waals surface area contributed by atoms with Gasteiger partial charge >= 0.3 is 5.69 Å². The van der Waals surface area contributed by atoms with Crippen molar-refractivity contribution in [1.29, 1.82) is 0 Å². The van der Waals surface area contributed by atoms with Crippen molar-refractivity contribution in [3.05, 3.63) is 28.7 Å². The topological polar surface area (TPSA) is 137 Å². The Balaban J connectivity index is 1.99. The maximum atomic E-state index is 11.7. The fourth-order valence-electron chi connectivity index (χ4n) is 1.94. The molecule has 2 aromatic rings. The van der Waals surface area contributed by atoms with Crippen LogP contribution in [0.3, 0.4) is 0 Å². The Hall–Kier alpha value is -1.78. The number of benzene rings is 1. The van der Waals surface area contributed by atoms with Crippen molar-refractivity contribution in [2.24, 2.45) is 5.14 Å². The summed E-state index contributed by atoms with van der Waals surface area (Å²) in [5.74, 6) is 0. The average molecular weight is 327 g/mol. The van der Waals surface area contributed by atoms with Crippen molar-refractivity contribution in [2.45, 2.75) is 33.8 Å². The van der Waals surface area contributed by atoms with E-state index >= 15 is 0 Å². The number of hydrogen-bond donors (Lipinski definition) is 3. The molecular formula is C11H13N5O3S2. The molecule has 1 heterocycles. The van der Waals surface area contributed by atoms with Gasteiger partial charge in [-0.15, -0.1) is 5.10 Å². The second-order valence-electron chi connectivity index (χ2n) is 4.80. The summed E-state index contributed by atoms with van der Waals surface area (Å²) in [5.41, 5.74) is 5.70. The fraction of sp³-hybridized carbons (Fsp3) is 0.273. The number of nitrogens with one attached hydrogen (secondary N) is 1. The van der Waals surface area contributed by atoms with Crippen LogP contribution in [0.2, 0.25) is 0 Å². The van der Waals surface area contributed by atoms with Crippen LogP contribution in [0.4, 0.5) is 5.69 Å². The van der Waals surface area contributed by atoms with Crippen molar-refractivity contribution in [1.82, 2.24) is 14.8 Å². The highest BCUT2D eigenvalue weighted by Gasteiger charge is 2.28. The maximum absolute atomic E-state index is 11.7. The molecule has 0 unspecified atom stereocenters. The van der Waals surface area contributed by atoms with Gasteiger partial charge in [-0.1, -0.05) is 0 Å². The average Bonchev–Trinajstić information content (AvgIpc) is 3.13. The lowest BCUT2D eigenvalue weighted by Gasteiger charge is -2.06. The first kappa shape index (κ1) is 14.2. The quantitative estimate of drug-likeness (QED) is 0.690. The minimum atomic E-state index is -3.84. The number of aromatic nitrogens is 3. The predicted octanol–water partition coefficient (Wildman–Crippen LogP) is 0.287. The summed E-state index contributed by atoms with van der Waals surface area (Å²) >= 11 is 1.17. The third-order valence-electron chi connectivity index (χ3n) is 3.02. The molecule has 0 radical (unpaired) electrons. The number of hydrogen-bond acceptors (Lipinski definition) is 6. The van der Waals surface area contributed by atoms with Gasteiger partial charge in [0.05, 0.1) is 4.90 Å². The molecule has 0 spiro atoms. The minimum absolute atomic E-state index is 0.0687. The van der Waals surface area contributed by atoms with E-state index in [2.05, 4.69) is 10.2 Å². The first-order valence-corrected chi connectivity index (χ1v) is 8.49. The molecule has 1 fully saturated rings. The first-order valence-electron chi connectivity index (χ1n) is 6.13. The lowest BCUT2D eigenvalue weighted by molar-refractivity contribution is 0.597. The number of aromatic amines is 1. The number of rotatable bonds is 4. The number of nitrogens with two attached hydrogens (primary N) is 2. The summed E-state index contributed by atoms with van der Waals surface area (Å²) in [6.45, 7) is 0. The molecule has 5 N–H and O–H groups in total. The Morgan fingerprint density at radius 3 is 2.67 bits per heavy atom. The monoisotopic (exact) mass is 327 g/mol. The number of H-pyrrole nitrogens is 1. The largest absolute Gasteiger partial charge is 0.399 e. The van der Waals surface area contributed by atoms with Gasteiger partial charge in [-0.2, -0.15) is 0 Å². The molecule has 1 aliphatic carbocycles. The second-order valence-corrected chi connectivity index (χ2v) is 7.40. The van der Waals surface area contributed by atoms with Crippen LogP contribution < -0.4 is 16.6 Å². The Bertz CT molecular complexity index is 851. The van der Waals surface area contributed by atoms with Gasteiger partial charge in [0.15, 0.2) is 5.16 Å². The lowest BCUT2D eigenvalue weighted by atomic mass is 10.3. The Kier molecular flexibility index (Phi) is 3.30. The number of sulfonamides is 1. The minimum Gasteiger partial charge on any atom is -0.399 e. The molecule has 0 aliphatic heterocycles. The summed E-state index contributed by atoms with van der Waals surface area (Å²) in [4.78, 5) is 12.2. The molecule has 21 heavy (non-hydrogen) atoms. The van der Waals surface area contributed by atoms with E-state index in [0.717, 1.165) is 12.8 Å². The van der Waals surface area contributed by atoms with Crippen LogP contribution in [0.5, 0.6) is 0 Å². The molecule has 0 bridgehead atoms. The van der Waals surface area contributed by atoms with Crippen LogP contribution in [-0.4, -0.2) is 23.2 Å². The smallest absolute Gasteiger partial charge is 0.344 e. The fourth-order valence-corrected chi connectivity index (χ4v) is 3.62. The summed E-state index contributed by atoms with van der Waals surface area (Å²) in [7, 11) is -3.84. The summed E-state index contributed by atoms with van der Waals surface area (Å²) in [5, 5.41) is 12.0. The summed E-state index contributed by atoms with van der Waals surface area (Å²) in [6.07, 6.45) is 1.87. The van der Waals surface area contributed by atoms with Gasteiger partial charge < -0.3 is 5.73 Å². The molecule has 0 saturated heterocycles. The highest BCUT2D eigenvalue weighted by Crippen LogP contribution is 2.38. The zero-order valence-corrected chi connectivity index (χ0v) is 12.4. The van der Waals surface area contributed by atoms with Crippen molar-refractivity contribution in [3.8, 4) is 0 Å². The van der Waals surface area contributed by atoms with E-state index in [1.54, 1.807) is 10.6 Å². The van der Waals surface area contributed by atoms with Gasteiger partial charge in [-0.3, -0.25) is 4.57 Å². The second kappa shape index (κ2) is 4.90. The third-order valence-corrected chi connectivity index (χ3v) is 4.86. The van der Waals surface area contributed by atoms with E-state index in [-0.39, 0.29) is 22.3 Å². The lowest BCUT2D eigenvalue weighted by Crippen LogP contribution is -2.16. The van der Waals surface area contributed by atoms with Gasteiger partial charge in [0.2, 0.25) is 10.0 Å². The van der Waals surface area contributed by atoms with Crippen LogP contribution >= 0.6 is 11.8 Å². The molecule has 10 heteroatoms. The number of nitrogens with zero attached hydrogens (tertiary/aromatic N) is 2. The van der Waals surface area contributed by atoms with Crippen LogP contribution in [-0.2, 0) is 10.0 Å². The van der Waals surface area contributed by atoms with Crippen LogP contribution in [0.1, 0.15) is 18.9 Å². The van der Waals surface area contributed by atoms with Gasteiger partial charge in [-0.05, 0) is 42.8 Å². The molecular weight excluding hydrogens is 314 g/mol. The molecule has 0 amide bonds. The first-order chi connectivity index (χ1) is 9.84. The van der Waals surface area contributed by atoms with E-state index in [1.165, 1.54) is 23.9 Å². The molecule has 1 aliphatic rings. The zero-order chi connectivity index (χ0) is 15.2. The van der Waals surface area contributed by atoms with E-state index < -0.39 is 10.0 Å². The Labute approximate surface area is 124 Å². The van der Waals surface area contributed by atoms with E-state index in [0.29, 0.717) is 10.1 Å². The Morgan fingerprint density at radius 2 is 2.05 bits per heavy atom. The van der Waals surface area contributed by atoms with Gasteiger partial charge in [0.25, 0.3) is 0 Å². The molecule has 112 valence electrons. The molecule has 0 atom stereocenters. The standard InChI is InChI=1S/C11H13N5O3S2/c12-6-3-8(5-9(4-6)21(13,18)19)20-11-15-14-10(17)16(11)7-1-2-7/h3-5,7H,1-2,12H2,(H,14,17)(H2,13,18,19). The molecule has 1 saturated carbocycles. The van der Waals surface area contributed by atoms with Crippen molar-refractivity contribution in [3.63, 3.8) is 0 Å². The predicted molar refractivity (Wildman–Crippen MR) is 77.5 cm³/mol. The highest BCUT2D eigenvalue weighted by atomic mass is 32.2. The van der Waals surface area contributed by atoms with Crippen molar-refractivity contribution in [2.75, 3.05) is 5.73 Å². The molecule has 1 aromatic carbocycles. The summed E-state index contributed by atoms with van der Waals surface area (Å²) in [6, 6.07) is 4.47. The number of primary sulfonamides is 1. The SMILES string of the molecule is Nc1cc(Sc2n[nH]c(=O)n2C2CC2)cc(S(N)(=O)=O)c1. The van der Waals surface area contributed by atoms with Crippen LogP contribution in [0.15, 0.2) is 37.9 Å². The van der Waals surface area contributed by atoms with E-state index in [1.807, 2.05) is 0 Å². The molecule has 8 nitrogen and oxygen atoms in total. The number of anilines is 1. The molecule has 3 rings (SSSR count). The third kappa shape index (κ3) is 2.96. The summed E-state index contributed by atoms with van der Waals surface area (Å²) < 4.78 is 24.4. The van der Waals surface area contributed by atoms with Gasteiger partial charge in [0, 0.05) is 16.6 Å². The zero-order valence-electron chi connectivity index (χ0n) is 10.8. The van der Waals surface area contributed by atoms with E-state index in [4.69, 9.17) is 10.9 Å². The highest BCUT2D eigenvalue weighted by molar-refractivity contribution is 7.99. The van der Waals surface area contributed by atoms with Gasteiger partial charge in [0.1, 0.15) is 0 Å². The van der Waals surface area contributed by atoms with Crippen molar-refractivity contribution < 1.29 is 8.42 Å². The normalized spacial score (nSPS) is 15.3.